The second kappa shape index (κ2) is 4.73. The Bertz CT molecular complexity index is 216. The molecule has 2 aliphatic carbocycles. The fourth-order valence-electron chi connectivity index (χ4n) is 2.48. The Hall–Kier alpha value is 0.0700. The Morgan fingerprint density at radius 3 is 2.36 bits per heavy atom. The molecule has 0 aromatic carbocycles. The van der Waals surface area contributed by atoms with E-state index in [1.165, 1.54) is 19.3 Å². The number of hydrogen-bond donors (Lipinski definition) is 2. The zero-order chi connectivity index (χ0) is 9.97. The Kier molecular flexibility index (Phi) is 3.57. The topological polar surface area (TPSA) is 55.1 Å². The highest BCUT2D eigenvalue weighted by atomic mass is 32.2. The Labute approximate surface area is 88.4 Å². The molecule has 3 atom stereocenters. The van der Waals surface area contributed by atoms with Crippen LogP contribution in [0, 0.1) is 0 Å². The lowest BCUT2D eigenvalue weighted by Gasteiger charge is -2.19. The lowest BCUT2D eigenvalue weighted by Crippen LogP contribution is -2.43. The first kappa shape index (κ1) is 10.6. The van der Waals surface area contributed by atoms with E-state index in [1.54, 1.807) is 0 Å². The van der Waals surface area contributed by atoms with E-state index >= 15 is 0 Å². The first-order valence-electron chi connectivity index (χ1n) is 5.69. The van der Waals surface area contributed by atoms with Crippen LogP contribution in [0.3, 0.4) is 0 Å². The number of nitrogens with one attached hydrogen (secondary N) is 1. The first-order chi connectivity index (χ1) is 6.77. The van der Waals surface area contributed by atoms with Gasteiger partial charge in [0.15, 0.2) is 0 Å². The van der Waals surface area contributed by atoms with Gasteiger partial charge in [-0.25, -0.2) is 8.93 Å². The van der Waals surface area contributed by atoms with E-state index in [-0.39, 0.29) is 6.04 Å². The van der Waals surface area contributed by atoms with Gasteiger partial charge in [-0.05, 0) is 25.7 Å². The van der Waals surface area contributed by atoms with E-state index in [1.807, 2.05) is 0 Å². The maximum Gasteiger partial charge on any atom is 0.0950 e. The van der Waals surface area contributed by atoms with Gasteiger partial charge < -0.3 is 5.73 Å². The molecule has 4 heteroatoms. The molecular weight excluding hydrogens is 196 g/mol. The average Bonchev–Trinajstić information content (AvgIpc) is 2.77. The van der Waals surface area contributed by atoms with E-state index in [0.717, 1.165) is 25.7 Å². The molecule has 0 bridgehead atoms. The largest absolute Gasteiger partial charge is 0.326 e. The van der Waals surface area contributed by atoms with E-state index in [4.69, 9.17) is 5.73 Å². The minimum atomic E-state index is -0.836. The number of rotatable bonds is 3. The Balaban J connectivity index is 1.81. The number of hydrogen-bond acceptors (Lipinski definition) is 2. The highest BCUT2D eigenvalue weighted by Crippen LogP contribution is 2.24. The molecule has 0 aromatic heterocycles. The Morgan fingerprint density at radius 1 is 1.07 bits per heavy atom. The van der Waals surface area contributed by atoms with Crippen molar-refractivity contribution in [2.24, 2.45) is 5.73 Å². The molecular formula is C10H20N2OS. The standard InChI is InChI=1S/C10H20N2OS/c11-9-6-3-7-10(9)12-14(13)8-4-1-2-5-8/h8-10,12H,1-7,11H2. The molecule has 0 radical (unpaired) electrons. The molecule has 0 aromatic rings. The summed E-state index contributed by atoms with van der Waals surface area (Å²) in [6, 6.07) is 0.525. The third-order valence-electron chi connectivity index (χ3n) is 3.44. The molecule has 0 amide bonds. The van der Waals surface area contributed by atoms with Crippen LogP contribution in [0.5, 0.6) is 0 Å². The molecule has 2 saturated carbocycles. The van der Waals surface area contributed by atoms with Crippen LogP contribution in [0.2, 0.25) is 0 Å². The summed E-state index contributed by atoms with van der Waals surface area (Å²) < 4.78 is 15.1. The maximum atomic E-state index is 11.9. The minimum Gasteiger partial charge on any atom is -0.326 e. The summed E-state index contributed by atoms with van der Waals surface area (Å²) in [6.07, 6.45) is 8.10. The summed E-state index contributed by atoms with van der Waals surface area (Å²) in [5.74, 6) is 0. The molecule has 3 unspecified atom stereocenters. The predicted molar refractivity (Wildman–Crippen MR) is 59.1 cm³/mol. The zero-order valence-electron chi connectivity index (χ0n) is 8.58. The second-order valence-corrected chi connectivity index (χ2v) is 6.02. The third-order valence-corrected chi connectivity index (χ3v) is 5.05. The normalized spacial score (nSPS) is 36.4. The summed E-state index contributed by atoms with van der Waals surface area (Å²) in [5, 5.41) is 0.391. The molecule has 3 nitrogen and oxygen atoms in total. The smallest absolute Gasteiger partial charge is 0.0950 e. The van der Waals surface area contributed by atoms with Crippen LogP contribution in [0.25, 0.3) is 0 Å². The summed E-state index contributed by atoms with van der Waals surface area (Å²) in [4.78, 5) is 0. The van der Waals surface area contributed by atoms with Gasteiger partial charge in [0.25, 0.3) is 0 Å². The summed E-state index contributed by atoms with van der Waals surface area (Å²) in [5.41, 5.74) is 5.93. The van der Waals surface area contributed by atoms with Crippen molar-refractivity contribution in [3.63, 3.8) is 0 Å². The molecule has 82 valence electrons. The quantitative estimate of drug-likeness (QED) is 0.741. The SMILES string of the molecule is NC1CCCC1NS(=O)C1CCCC1. The molecule has 2 rings (SSSR count). The van der Waals surface area contributed by atoms with Crippen molar-refractivity contribution in [3.05, 3.63) is 0 Å². The van der Waals surface area contributed by atoms with Crippen LogP contribution in [-0.2, 0) is 11.0 Å². The summed E-state index contributed by atoms with van der Waals surface area (Å²) in [7, 11) is -0.836. The van der Waals surface area contributed by atoms with Crippen molar-refractivity contribution in [3.8, 4) is 0 Å². The molecule has 0 heterocycles. The van der Waals surface area contributed by atoms with Crippen LogP contribution in [0.1, 0.15) is 44.9 Å². The van der Waals surface area contributed by atoms with Crippen molar-refractivity contribution in [1.82, 2.24) is 4.72 Å². The molecule has 0 aliphatic heterocycles. The first-order valence-corrected chi connectivity index (χ1v) is 6.91. The van der Waals surface area contributed by atoms with E-state index in [2.05, 4.69) is 4.72 Å². The monoisotopic (exact) mass is 216 g/mol. The second-order valence-electron chi connectivity index (χ2n) is 4.52. The lowest BCUT2D eigenvalue weighted by molar-refractivity contribution is 0.551. The molecule has 2 aliphatic rings. The van der Waals surface area contributed by atoms with Gasteiger partial charge >= 0.3 is 0 Å². The van der Waals surface area contributed by atoms with E-state index in [0.29, 0.717) is 11.3 Å². The summed E-state index contributed by atoms with van der Waals surface area (Å²) in [6.45, 7) is 0. The van der Waals surface area contributed by atoms with Crippen LogP contribution < -0.4 is 10.5 Å². The van der Waals surface area contributed by atoms with Crippen molar-refractivity contribution >= 4 is 11.0 Å². The maximum absolute atomic E-state index is 11.9. The van der Waals surface area contributed by atoms with Crippen molar-refractivity contribution in [2.75, 3.05) is 0 Å². The predicted octanol–water partition coefficient (Wildman–Crippen LogP) is 1.06. The van der Waals surface area contributed by atoms with Gasteiger partial charge in [0, 0.05) is 17.3 Å². The van der Waals surface area contributed by atoms with Gasteiger partial charge in [-0.3, -0.25) is 0 Å². The molecule has 14 heavy (non-hydrogen) atoms. The molecule has 0 spiro atoms. The van der Waals surface area contributed by atoms with Crippen molar-refractivity contribution < 1.29 is 4.21 Å². The van der Waals surface area contributed by atoms with E-state index in [9.17, 15) is 4.21 Å². The zero-order valence-corrected chi connectivity index (χ0v) is 9.39. The lowest BCUT2D eigenvalue weighted by atomic mass is 10.2. The van der Waals surface area contributed by atoms with Gasteiger partial charge in [-0.1, -0.05) is 19.3 Å². The van der Waals surface area contributed by atoms with Gasteiger partial charge in [-0.15, -0.1) is 0 Å². The van der Waals surface area contributed by atoms with Gasteiger partial charge in [0.2, 0.25) is 0 Å². The van der Waals surface area contributed by atoms with Gasteiger partial charge in [0.05, 0.1) is 11.0 Å². The van der Waals surface area contributed by atoms with Gasteiger partial charge in [-0.2, -0.15) is 0 Å². The molecule has 0 saturated heterocycles. The minimum absolute atomic E-state index is 0.223. The van der Waals surface area contributed by atoms with Crippen LogP contribution >= 0.6 is 0 Å². The van der Waals surface area contributed by atoms with E-state index < -0.39 is 11.0 Å². The van der Waals surface area contributed by atoms with Crippen LogP contribution in [-0.4, -0.2) is 21.5 Å². The summed E-state index contributed by atoms with van der Waals surface area (Å²) >= 11 is 0. The highest BCUT2D eigenvalue weighted by Gasteiger charge is 2.28. The average molecular weight is 216 g/mol. The van der Waals surface area contributed by atoms with Crippen molar-refractivity contribution in [2.45, 2.75) is 62.3 Å². The van der Waals surface area contributed by atoms with Crippen LogP contribution in [0.15, 0.2) is 0 Å². The highest BCUT2D eigenvalue weighted by molar-refractivity contribution is 7.83. The molecule has 2 fully saturated rings. The Morgan fingerprint density at radius 2 is 1.79 bits per heavy atom. The van der Waals surface area contributed by atoms with Gasteiger partial charge in [0.1, 0.15) is 0 Å². The fraction of sp³-hybridized carbons (Fsp3) is 1.00. The third kappa shape index (κ3) is 2.35. The molecule has 3 N–H and O–H groups in total. The fourth-order valence-corrected chi connectivity index (χ4v) is 4.03. The van der Waals surface area contributed by atoms with Crippen LogP contribution in [0.4, 0.5) is 0 Å². The van der Waals surface area contributed by atoms with Crippen molar-refractivity contribution in [1.29, 1.82) is 0 Å². The number of nitrogens with two attached hydrogens (primary N) is 1.